The van der Waals surface area contributed by atoms with Crippen LogP contribution in [0.15, 0.2) is 22.3 Å². The van der Waals surface area contributed by atoms with Gasteiger partial charge in [-0.15, -0.1) is 0 Å². The number of amides is 3. The summed E-state index contributed by atoms with van der Waals surface area (Å²) in [5, 5.41) is 0. The van der Waals surface area contributed by atoms with E-state index in [-0.39, 0.29) is 11.9 Å². The van der Waals surface area contributed by atoms with Crippen LogP contribution in [0.3, 0.4) is 0 Å². The molecule has 2 rings (SSSR count). The lowest BCUT2D eigenvalue weighted by atomic mass is 9.95. The highest BCUT2D eigenvalue weighted by atomic mass is 16.5. The van der Waals surface area contributed by atoms with Crippen molar-refractivity contribution in [2.24, 2.45) is 15.9 Å². The molecular formula is C13H18N4O3. The van der Waals surface area contributed by atoms with Gasteiger partial charge in [-0.2, -0.15) is 0 Å². The quantitative estimate of drug-likeness (QED) is 0.704. The van der Waals surface area contributed by atoms with E-state index in [0.29, 0.717) is 24.7 Å². The molecule has 1 fully saturated rings. The van der Waals surface area contributed by atoms with E-state index in [1.807, 2.05) is 0 Å². The van der Waals surface area contributed by atoms with E-state index < -0.39 is 5.92 Å². The zero-order chi connectivity index (χ0) is 14.7. The van der Waals surface area contributed by atoms with Gasteiger partial charge in [-0.25, -0.2) is 9.79 Å². The van der Waals surface area contributed by atoms with E-state index in [9.17, 15) is 9.59 Å². The fourth-order valence-corrected chi connectivity index (χ4v) is 2.18. The van der Waals surface area contributed by atoms with Crippen LogP contribution >= 0.6 is 0 Å². The summed E-state index contributed by atoms with van der Waals surface area (Å²) in [5.41, 5.74) is 0.641. The molecule has 3 amide bonds. The Bertz CT molecular complexity index is 510. The molecule has 20 heavy (non-hydrogen) atoms. The van der Waals surface area contributed by atoms with Gasteiger partial charge in [0.05, 0.1) is 5.71 Å². The largest absolute Gasteiger partial charge is 0.385 e. The van der Waals surface area contributed by atoms with Crippen LogP contribution in [0.25, 0.3) is 0 Å². The van der Waals surface area contributed by atoms with Gasteiger partial charge in [0, 0.05) is 40.6 Å². The zero-order valence-corrected chi connectivity index (χ0v) is 11.9. The minimum absolute atomic E-state index is 0.290. The Kier molecular flexibility index (Phi) is 4.29. The molecule has 7 nitrogen and oxygen atoms in total. The van der Waals surface area contributed by atoms with Gasteiger partial charge in [-0.05, 0) is 12.5 Å². The first-order chi connectivity index (χ1) is 9.57. The second-order valence-electron chi connectivity index (χ2n) is 4.63. The first-order valence-electron chi connectivity index (χ1n) is 6.40. The maximum atomic E-state index is 12.3. The molecule has 0 aliphatic carbocycles. The number of hydrogen-bond acceptors (Lipinski definition) is 5. The molecule has 0 aromatic rings. The van der Waals surface area contributed by atoms with Crippen molar-refractivity contribution in [2.75, 3.05) is 34.4 Å². The summed E-state index contributed by atoms with van der Waals surface area (Å²) in [6, 6.07) is -0.376. The number of hydrogen-bond donors (Lipinski definition) is 0. The van der Waals surface area contributed by atoms with Gasteiger partial charge in [0.1, 0.15) is 11.8 Å². The van der Waals surface area contributed by atoms with Crippen LogP contribution in [0.4, 0.5) is 4.79 Å². The first kappa shape index (κ1) is 14.4. The number of urea groups is 1. The van der Waals surface area contributed by atoms with Gasteiger partial charge in [-0.3, -0.25) is 19.6 Å². The van der Waals surface area contributed by atoms with Gasteiger partial charge in [0.25, 0.3) is 0 Å². The third kappa shape index (κ3) is 2.49. The number of nitrogens with zero attached hydrogens (tertiary/aromatic N) is 4. The number of ether oxygens (including phenoxy) is 1. The predicted molar refractivity (Wildman–Crippen MR) is 74.8 cm³/mol. The van der Waals surface area contributed by atoms with Crippen LogP contribution in [0.5, 0.6) is 0 Å². The lowest BCUT2D eigenvalue weighted by molar-refractivity contribution is -0.128. The van der Waals surface area contributed by atoms with Crippen molar-refractivity contribution < 1.29 is 14.3 Å². The minimum Gasteiger partial charge on any atom is -0.385 e. The van der Waals surface area contributed by atoms with Gasteiger partial charge in [-0.1, -0.05) is 0 Å². The molecule has 1 unspecified atom stereocenters. The van der Waals surface area contributed by atoms with Gasteiger partial charge in [0.15, 0.2) is 0 Å². The second kappa shape index (κ2) is 5.96. The average molecular weight is 278 g/mol. The molecule has 0 radical (unpaired) electrons. The number of carbonyl (C=O) groups is 2. The average Bonchev–Trinajstić information content (AvgIpc) is 2.47. The second-order valence-corrected chi connectivity index (χ2v) is 4.63. The smallest absolute Gasteiger partial charge is 0.331 e. The predicted octanol–water partition coefficient (Wildman–Crippen LogP) is 0.530. The Morgan fingerprint density at radius 3 is 2.80 bits per heavy atom. The number of imide groups is 1. The van der Waals surface area contributed by atoms with Crippen LogP contribution in [0, 0.1) is 5.92 Å². The third-order valence-electron chi connectivity index (χ3n) is 3.30. The molecule has 0 aromatic heterocycles. The molecule has 0 aromatic carbocycles. The SMILES string of the molecule is COCCCN=C1C=CN=C2C1C(=O)N(C)C(=O)N2C. The Balaban J connectivity index is 2.22. The molecule has 0 spiro atoms. The van der Waals surface area contributed by atoms with Crippen LogP contribution in [0.1, 0.15) is 6.42 Å². The van der Waals surface area contributed by atoms with Crippen molar-refractivity contribution in [3.8, 4) is 0 Å². The van der Waals surface area contributed by atoms with Crippen molar-refractivity contribution in [1.29, 1.82) is 0 Å². The van der Waals surface area contributed by atoms with Crippen LogP contribution in [0.2, 0.25) is 0 Å². The number of carbonyl (C=O) groups excluding carboxylic acids is 2. The van der Waals surface area contributed by atoms with Crippen molar-refractivity contribution in [2.45, 2.75) is 6.42 Å². The summed E-state index contributed by atoms with van der Waals surface area (Å²) in [6.45, 7) is 1.20. The lowest BCUT2D eigenvalue weighted by Gasteiger charge is -2.36. The van der Waals surface area contributed by atoms with E-state index in [4.69, 9.17) is 4.74 Å². The third-order valence-corrected chi connectivity index (χ3v) is 3.30. The van der Waals surface area contributed by atoms with E-state index in [1.165, 1.54) is 11.9 Å². The van der Waals surface area contributed by atoms with Gasteiger partial charge >= 0.3 is 6.03 Å². The van der Waals surface area contributed by atoms with Gasteiger partial charge < -0.3 is 4.74 Å². The Morgan fingerprint density at radius 1 is 1.35 bits per heavy atom. The van der Waals surface area contributed by atoms with Crippen LogP contribution in [-0.4, -0.2) is 67.6 Å². The molecule has 2 aliphatic rings. The van der Waals surface area contributed by atoms with Crippen molar-refractivity contribution in [1.82, 2.24) is 9.80 Å². The Hall–Kier alpha value is -2.02. The standard InChI is InChI=1S/C13H18N4O3/c1-16-11-10(12(18)17(2)13(16)19)9(5-7-15-11)14-6-4-8-20-3/h5,7,10H,4,6,8H2,1-3H3. The van der Waals surface area contributed by atoms with Crippen LogP contribution in [-0.2, 0) is 9.53 Å². The lowest BCUT2D eigenvalue weighted by Crippen LogP contribution is -2.59. The number of fused-ring (bicyclic) bond motifs is 1. The summed E-state index contributed by atoms with van der Waals surface area (Å²) < 4.78 is 4.97. The normalized spacial score (nSPS) is 24.2. The van der Waals surface area contributed by atoms with E-state index >= 15 is 0 Å². The number of allylic oxidation sites excluding steroid dienone is 1. The topological polar surface area (TPSA) is 74.6 Å². The molecule has 2 heterocycles. The number of rotatable bonds is 4. The number of methoxy groups -OCH3 is 1. The fraction of sp³-hybridized carbons (Fsp3) is 0.538. The first-order valence-corrected chi connectivity index (χ1v) is 6.40. The molecule has 0 N–H and O–H groups in total. The minimum atomic E-state index is -0.588. The molecular weight excluding hydrogens is 260 g/mol. The van der Waals surface area contributed by atoms with Crippen molar-refractivity contribution >= 4 is 23.5 Å². The van der Waals surface area contributed by atoms with Crippen molar-refractivity contribution in [3.05, 3.63) is 12.3 Å². The molecule has 108 valence electrons. The van der Waals surface area contributed by atoms with Crippen LogP contribution < -0.4 is 0 Å². The van der Waals surface area contributed by atoms with E-state index in [1.54, 1.807) is 26.4 Å². The summed E-state index contributed by atoms with van der Waals surface area (Å²) in [7, 11) is 4.72. The maximum absolute atomic E-state index is 12.3. The molecule has 2 aliphatic heterocycles. The summed E-state index contributed by atoms with van der Waals surface area (Å²) >= 11 is 0. The fourth-order valence-electron chi connectivity index (χ4n) is 2.18. The summed E-state index contributed by atoms with van der Waals surface area (Å²) in [5.74, 6) is -0.442. The summed E-state index contributed by atoms with van der Waals surface area (Å²) in [4.78, 5) is 35.2. The zero-order valence-electron chi connectivity index (χ0n) is 11.9. The monoisotopic (exact) mass is 278 g/mol. The Morgan fingerprint density at radius 2 is 2.10 bits per heavy atom. The highest BCUT2D eigenvalue weighted by Crippen LogP contribution is 2.21. The number of amidine groups is 1. The van der Waals surface area contributed by atoms with Gasteiger partial charge in [0.2, 0.25) is 5.91 Å². The highest BCUT2D eigenvalue weighted by Gasteiger charge is 2.43. The molecule has 1 atom stereocenters. The maximum Gasteiger partial charge on any atom is 0.331 e. The molecule has 1 saturated heterocycles. The van der Waals surface area contributed by atoms with Crippen molar-refractivity contribution in [3.63, 3.8) is 0 Å². The molecule has 0 saturated carbocycles. The Labute approximate surface area is 117 Å². The van der Waals surface area contributed by atoms with E-state index in [0.717, 1.165) is 11.3 Å². The summed E-state index contributed by atoms with van der Waals surface area (Å²) in [6.07, 6.45) is 4.07. The number of aliphatic imine (C=N–C) groups is 2. The molecule has 7 heteroatoms. The highest BCUT2D eigenvalue weighted by molar-refractivity contribution is 6.31. The van der Waals surface area contributed by atoms with E-state index in [2.05, 4.69) is 9.98 Å². The molecule has 0 bridgehead atoms.